The monoisotopic (exact) mass is 404 g/mol. The molecule has 0 amide bonds. The molecule has 0 spiro atoms. The third-order valence-corrected chi connectivity index (χ3v) is 4.80. The van der Waals surface area contributed by atoms with E-state index in [1.54, 1.807) is 24.3 Å². The number of nitro benzene ring substituents is 1. The van der Waals surface area contributed by atoms with E-state index < -0.39 is 14.9 Å². The number of nitrogens with zero attached hydrogens (tertiary/aromatic N) is 1. The standard InChI is InChI=1S/C12H9IN2O4S/c13-11-3-1-2-4-12(11)14-20(18,19)10-7-5-9(6-8-10)15(16)17/h1-8,14H. The lowest BCUT2D eigenvalue weighted by atomic mass is 10.3. The third-order valence-electron chi connectivity index (χ3n) is 2.48. The maximum atomic E-state index is 12.2. The van der Waals surface area contributed by atoms with Gasteiger partial charge in [-0.3, -0.25) is 14.8 Å². The van der Waals surface area contributed by atoms with E-state index in [4.69, 9.17) is 0 Å². The van der Waals surface area contributed by atoms with Gasteiger partial charge >= 0.3 is 0 Å². The van der Waals surface area contributed by atoms with Crippen LogP contribution >= 0.6 is 22.6 Å². The fourth-order valence-electron chi connectivity index (χ4n) is 1.49. The zero-order valence-corrected chi connectivity index (χ0v) is 13.0. The molecule has 2 aromatic rings. The Balaban J connectivity index is 2.31. The molecule has 8 heteroatoms. The Morgan fingerprint density at radius 3 is 2.20 bits per heavy atom. The first-order chi connectivity index (χ1) is 9.40. The fourth-order valence-corrected chi connectivity index (χ4v) is 3.28. The lowest BCUT2D eigenvalue weighted by Gasteiger charge is -2.09. The van der Waals surface area contributed by atoms with E-state index in [0.717, 1.165) is 15.7 Å². The summed E-state index contributed by atoms with van der Waals surface area (Å²) in [5, 5.41) is 10.5. The number of nitrogens with one attached hydrogen (secondary N) is 1. The number of rotatable bonds is 4. The van der Waals surface area contributed by atoms with Crippen molar-refractivity contribution in [1.82, 2.24) is 0 Å². The zero-order valence-electron chi connectivity index (χ0n) is 9.99. The minimum absolute atomic E-state index is 0.0252. The second-order valence-corrected chi connectivity index (χ2v) is 6.68. The highest BCUT2D eigenvalue weighted by atomic mass is 127. The van der Waals surface area contributed by atoms with Crippen LogP contribution in [0.25, 0.3) is 0 Å². The van der Waals surface area contributed by atoms with Gasteiger partial charge in [0.1, 0.15) is 0 Å². The molecule has 0 aliphatic rings. The summed E-state index contributed by atoms with van der Waals surface area (Å²) < 4.78 is 27.5. The van der Waals surface area contributed by atoms with Crippen LogP contribution in [0.15, 0.2) is 53.4 Å². The number of halogens is 1. The van der Waals surface area contributed by atoms with Crippen molar-refractivity contribution in [2.45, 2.75) is 4.90 Å². The summed E-state index contributed by atoms with van der Waals surface area (Å²) >= 11 is 2.02. The summed E-state index contributed by atoms with van der Waals surface area (Å²) in [5.74, 6) is 0. The Hall–Kier alpha value is -1.68. The molecular weight excluding hydrogens is 395 g/mol. The Morgan fingerprint density at radius 1 is 1.05 bits per heavy atom. The average Bonchev–Trinajstić information content (AvgIpc) is 2.41. The van der Waals surface area contributed by atoms with Gasteiger partial charge in [0.25, 0.3) is 15.7 Å². The van der Waals surface area contributed by atoms with Crippen LogP contribution in [-0.2, 0) is 10.0 Å². The topological polar surface area (TPSA) is 89.3 Å². The minimum Gasteiger partial charge on any atom is -0.279 e. The molecule has 0 heterocycles. The van der Waals surface area contributed by atoms with Crippen LogP contribution in [0, 0.1) is 13.7 Å². The Kier molecular flexibility index (Phi) is 4.23. The van der Waals surface area contributed by atoms with E-state index in [9.17, 15) is 18.5 Å². The van der Waals surface area contributed by atoms with Gasteiger partial charge in [-0.1, -0.05) is 12.1 Å². The molecule has 20 heavy (non-hydrogen) atoms. The van der Waals surface area contributed by atoms with Crippen LogP contribution in [0.2, 0.25) is 0 Å². The number of nitro groups is 1. The van der Waals surface area contributed by atoms with Gasteiger partial charge in [0.05, 0.1) is 15.5 Å². The maximum Gasteiger partial charge on any atom is 0.269 e. The number of benzene rings is 2. The van der Waals surface area contributed by atoms with Crippen LogP contribution in [-0.4, -0.2) is 13.3 Å². The number of sulfonamides is 1. The van der Waals surface area contributed by atoms with Gasteiger partial charge in [-0.05, 0) is 46.9 Å². The summed E-state index contributed by atoms with van der Waals surface area (Å²) in [6.45, 7) is 0. The second kappa shape index (κ2) is 5.75. The molecule has 6 nitrogen and oxygen atoms in total. The van der Waals surface area contributed by atoms with Crippen molar-refractivity contribution in [3.8, 4) is 0 Å². The number of para-hydroxylation sites is 1. The van der Waals surface area contributed by atoms with Gasteiger partial charge in [0.2, 0.25) is 0 Å². The van der Waals surface area contributed by atoms with E-state index in [1.807, 2.05) is 22.6 Å². The van der Waals surface area contributed by atoms with Crippen molar-refractivity contribution in [3.05, 3.63) is 62.2 Å². The van der Waals surface area contributed by atoms with Gasteiger partial charge in [0.15, 0.2) is 0 Å². The van der Waals surface area contributed by atoms with E-state index in [1.165, 1.54) is 12.1 Å². The van der Waals surface area contributed by atoms with Crippen molar-refractivity contribution >= 4 is 44.0 Å². The van der Waals surface area contributed by atoms with Crippen LogP contribution in [0.4, 0.5) is 11.4 Å². The van der Waals surface area contributed by atoms with Gasteiger partial charge in [0, 0.05) is 15.7 Å². The predicted octanol–water partition coefficient (Wildman–Crippen LogP) is 3.00. The Bertz CT molecular complexity index is 744. The zero-order chi connectivity index (χ0) is 14.8. The highest BCUT2D eigenvalue weighted by Gasteiger charge is 2.16. The van der Waals surface area contributed by atoms with Crippen LogP contribution in [0.1, 0.15) is 0 Å². The first kappa shape index (κ1) is 14.7. The smallest absolute Gasteiger partial charge is 0.269 e. The molecule has 0 aromatic heterocycles. The van der Waals surface area contributed by atoms with Gasteiger partial charge in [-0.25, -0.2) is 8.42 Å². The molecule has 0 saturated heterocycles. The van der Waals surface area contributed by atoms with E-state index in [0.29, 0.717) is 5.69 Å². The average molecular weight is 404 g/mol. The number of anilines is 1. The van der Waals surface area contributed by atoms with E-state index in [2.05, 4.69) is 4.72 Å². The fraction of sp³-hybridized carbons (Fsp3) is 0. The first-order valence-corrected chi connectivity index (χ1v) is 7.98. The summed E-state index contributed by atoms with van der Waals surface area (Å²) in [7, 11) is -3.76. The second-order valence-electron chi connectivity index (χ2n) is 3.84. The Labute approximate surface area is 129 Å². The largest absolute Gasteiger partial charge is 0.279 e. The minimum atomic E-state index is -3.76. The predicted molar refractivity (Wildman–Crippen MR) is 83.1 cm³/mol. The molecule has 0 fully saturated rings. The Morgan fingerprint density at radius 2 is 1.65 bits per heavy atom. The quantitative estimate of drug-likeness (QED) is 0.482. The number of non-ortho nitro benzene ring substituents is 1. The normalized spacial score (nSPS) is 11.1. The van der Waals surface area contributed by atoms with Gasteiger partial charge < -0.3 is 0 Å². The highest BCUT2D eigenvalue weighted by Crippen LogP contribution is 2.22. The number of hydrogen-bond acceptors (Lipinski definition) is 4. The van der Waals surface area contributed by atoms with E-state index >= 15 is 0 Å². The molecule has 0 aliphatic heterocycles. The molecule has 0 bridgehead atoms. The summed E-state index contributed by atoms with van der Waals surface area (Å²) in [4.78, 5) is 9.93. The van der Waals surface area contributed by atoms with Crippen LogP contribution in [0.5, 0.6) is 0 Å². The first-order valence-electron chi connectivity index (χ1n) is 5.42. The number of hydrogen-bond donors (Lipinski definition) is 1. The third kappa shape index (κ3) is 3.25. The molecule has 0 aliphatic carbocycles. The molecule has 1 N–H and O–H groups in total. The molecule has 0 radical (unpaired) electrons. The molecule has 0 saturated carbocycles. The van der Waals surface area contributed by atoms with Crippen molar-refractivity contribution in [2.75, 3.05) is 4.72 Å². The lowest BCUT2D eigenvalue weighted by molar-refractivity contribution is -0.384. The van der Waals surface area contributed by atoms with Crippen molar-refractivity contribution < 1.29 is 13.3 Å². The van der Waals surface area contributed by atoms with Crippen molar-refractivity contribution in [2.24, 2.45) is 0 Å². The van der Waals surface area contributed by atoms with Gasteiger partial charge in [-0.15, -0.1) is 0 Å². The van der Waals surface area contributed by atoms with Crippen LogP contribution in [0.3, 0.4) is 0 Å². The molecule has 2 aromatic carbocycles. The van der Waals surface area contributed by atoms with E-state index in [-0.39, 0.29) is 10.6 Å². The summed E-state index contributed by atoms with van der Waals surface area (Å²) in [6.07, 6.45) is 0. The van der Waals surface area contributed by atoms with Crippen molar-refractivity contribution in [3.63, 3.8) is 0 Å². The SMILES string of the molecule is O=[N+]([O-])c1ccc(S(=O)(=O)Nc2ccccc2I)cc1. The maximum absolute atomic E-state index is 12.2. The molecule has 0 unspecified atom stereocenters. The van der Waals surface area contributed by atoms with Crippen molar-refractivity contribution in [1.29, 1.82) is 0 Å². The molecular formula is C12H9IN2O4S. The summed E-state index contributed by atoms with van der Waals surface area (Å²) in [6, 6.07) is 11.7. The summed E-state index contributed by atoms with van der Waals surface area (Å²) in [5.41, 5.74) is 0.310. The lowest BCUT2D eigenvalue weighted by Crippen LogP contribution is -2.13. The molecule has 2 rings (SSSR count). The molecule has 0 atom stereocenters. The van der Waals surface area contributed by atoms with Gasteiger partial charge in [-0.2, -0.15) is 0 Å². The molecule has 104 valence electrons. The van der Waals surface area contributed by atoms with Crippen LogP contribution < -0.4 is 4.72 Å². The highest BCUT2D eigenvalue weighted by molar-refractivity contribution is 14.1.